The molecule has 1 aliphatic rings. The summed E-state index contributed by atoms with van der Waals surface area (Å²) in [5.41, 5.74) is 0. The number of nitrogens with zero attached hydrogens (tertiary/aromatic N) is 1. The predicted octanol–water partition coefficient (Wildman–Crippen LogP) is 1.34. The van der Waals surface area contributed by atoms with Gasteiger partial charge in [-0.05, 0) is 32.1 Å². The van der Waals surface area contributed by atoms with Crippen LogP contribution in [0.2, 0.25) is 0 Å². The lowest BCUT2D eigenvalue weighted by Gasteiger charge is -2.24. The SMILES string of the molecule is CCCSCC(=O)N1CCCC1CNC. The van der Waals surface area contributed by atoms with E-state index in [2.05, 4.69) is 17.1 Å². The Kier molecular flexibility index (Phi) is 6.10. The van der Waals surface area contributed by atoms with E-state index in [1.54, 1.807) is 11.8 Å². The summed E-state index contributed by atoms with van der Waals surface area (Å²) < 4.78 is 0. The molecule has 0 aromatic carbocycles. The minimum absolute atomic E-state index is 0.325. The molecule has 1 saturated heterocycles. The lowest BCUT2D eigenvalue weighted by molar-refractivity contribution is -0.129. The Balaban J connectivity index is 2.30. The molecule has 0 bridgehead atoms. The molecular weight excluding hydrogens is 208 g/mol. The second-order valence-electron chi connectivity index (χ2n) is 3.99. The Labute approximate surface area is 97.0 Å². The molecule has 0 aromatic heterocycles. The monoisotopic (exact) mass is 230 g/mol. The number of nitrogens with one attached hydrogen (secondary N) is 1. The normalized spacial score (nSPS) is 20.9. The topological polar surface area (TPSA) is 32.3 Å². The number of amides is 1. The van der Waals surface area contributed by atoms with Gasteiger partial charge in [0.1, 0.15) is 0 Å². The van der Waals surface area contributed by atoms with Crippen molar-refractivity contribution in [3.63, 3.8) is 0 Å². The van der Waals surface area contributed by atoms with Gasteiger partial charge in [-0.25, -0.2) is 0 Å². The van der Waals surface area contributed by atoms with Crippen LogP contribution < -0.4 is 5.32 Å². The van der Waals surface area contributed by atoms with Gasteiger partial charge in [-0.2, -0.15) is 11.8 Å². The molecule has 15 heavy (non-hydrogen) atoms. The third-order valence-corrected chi connectivity index (χ3v) is 3.86. The Morgan fingerprint density at radius 2 is 2.40 bits per heavy atom. The molecule has 1 fully saturated rings. The van der Waals surface area contributed by atoms with Gasteiger partial charge in [0, 0.05) is 19.1 Å². The van der Waals surface area contributed by atoms with Crippen LogP contribution in [0.15, 0.2) is 0 Å². The number of likely N-dealkylation sites (tertiary alicyclic amines) is 1. The molecule has 1 unspecified atom stereocenters. The predicted molar refractivity (Wildman–Crippen MR) is 66.3 cm³/mol. The second kappa shape index (κ2) is 7.12. The van der Waals surface area contributed by atoms with Crippen LogP contribution in [-0.2, 0) is 4.79 Å². The van der Waals surface area contributed by atoms with Gasteiger partial charge >= 0.3 is 0 Å². The number of hydrogen-bond donors (Lipinski definition) is 1. The third kappa shape index (κ3) is 4.03. The summed E-state index contributed by atoms with van der Waals surface area (Å²) in [4.78, 5) is 13.9. The fraction of sp³-hybridized carbons (Fsp3) is 0.909. The van der Waals surface area contributed by atoms with E-state index in [4.69, 9.17) is 0 Å². The van der Waals surface area contributed by atoms with E-state index >= 15 is 0 Å². The van der Waals surface area contributed by atoms with E-state index in [0.717, 1.165) is 38.1 Å². The highest BCUT2D eigenvalue weighted by Crippen LogP contribution is 2.18. The molecule has 1 N–H and O–H groups in total. The number of rotatable bonds is 6. The van der Waals surface area contributed by atoms with Crippen LogP contribution in [0.5, 0.6) is 0 Å². The van der Waals surface area contributed by atoms with Crippen molar-refractivity contribution in [2.45, 2.75) is 32.2 Å². The van der Waals surface area contributed by atoms with Crippen LogP contribution in [0.4, 0.5) is 0 Å². The van der Waals surface area contributed by atoms with Crippen LogP contribution in [0.3, 0.4) is 0 Å². The zero-order valence-corrected chi connectivity index (χ0v) is 10.6. The molecule has 0 radical (unpaired) electrons. The van der Waals surface area contributed by atoms with Gasteiger partial charge < -0.3 is 10.2 Å². The summed E-state index contributed by atoms with van der Waals surface area (Å²) in [6, 6.07) is 0.435. The smallest absolute Gasteiger partial charge is 0.232 e. The van der Waals surface area contributed by atoms with Gasteiger partial charge in [0.05, 0.1) is 5.75 Å². The number of carbonyl (C=O) groups excluding carboxylic acids is 1. The Morgan fingerprint density at radius 3 is 3.07 bits per heavy atom. The highest BCUT2D eigenvalue weighted by molar-refractivity contribution is 7.99. The zero-order valence-electron chi connectivity index (χ0n) is 9.79. The van der Waals surface area contributed by atoms with Crippen molar-refractivity contribution in [1.29, 1.82) is 0 Å². The molecule has 1 heterocycles. The van der Waals surface area contributed by atoms with Crippen molar-refractivity contribution in [3.8, 4) is 0 Å². The first-order valence-electron chi connectivity index (χ1n) is 5.81. The summed E-state index contributed by atoms with van der Waals surface area (Å²) in [7, 11) is 1.95. The molecule has 1 rings (SSSR count). The number of carbonyl (C=O) groups is 1. The Hall–Kier alpha value is -0.220. The maximum atomic E-state index is 11.9. The fourth-order valence-corrected chi connectivity index (χ4v) is 2.77. The molecule has 1 aliphatic heterocycles. The minimum Gasteiger partial charge on any atom is -0.338 e. The van der Waals surface area contributed by atoms with Crippen molar-refractivity contribution in [3.05, 3.63) is 0 Å². The molecule has 3 nitrogen and oxygen atoms in total. The maximum absolute atomic E-state index is 11.9. The van der Waals surface area contributed by atoms with E-state index in [0.29, 0.717) is 17.7 Å². The number of hydrogen-bond acceptors (Lipinski definition) is 3. The molecule has 0 saturated carbocycles. The van der Waals surface area contributed by atoms with E-state index in [1.807, 2.05) is 7.05 Å². The Bertz CT molecular complexity index is 199. The van der Waals surface area contributed by atoms with Crippen molar-refractivity contribution in [2.75, 3.05) is 31.6 Å². The van der Waals surface area contributed by atoms with Gasteiger partial charge in [0.2, 0.25) is 5.91 Å². The average Bonchev–Trinajstić information content (AvgIpc) is 2.67. The number of likely N-dealkylation sites (N-methyl/N-ethyl adjacent to an activating group) is 1. The van der Waals surface area contributed by atoms with Crippen LogP contribution >= 0.6 is 11.8 Å². The van der Waals surface area contributed by atoms with Crippen LogP contribution in [-0.4, -0.2) is 48.5 Å². The van der Waals surface area contributed by atoms with Crippen molar-refractivity contribution >= 4 is 17.7 Å². The van der Waals surface area contributed by atoms with E-state index in [9.17, 15) is 4.79 Å². The van der Waals surface area contributed by atoms with Crippen molar-refractivity contribution < 1.29 is 4.79 Å². The molecule has 0 spiro atoms. The van der Waals surface area contributed by atoms with Gasteiger partial charge in [0.15, 0.2) is 0 Å². The van der Waals surface area contributed by atoms with Gasteiger partial charge in [-0.15, -0.1) is 0 Å². The maximum Gasteiger partial charge on any atom is 0.232 e. The van der Waals surface area contributed by atoms with Gasteiger partial charge in [-0.3, -0.25) is 4.79 Å². The molecule has 1 atom stereocenters. The van der Waals surface area contributed by atoms with Crippen LogP contribution in [0.1, 0.15) is 26.2 Å². The molecular formula is C11H22N2OS. The van der Waals surface area contributed by atoms with Crippen molar-refractivity contribution in [2.24, 2.45) is 0 Å². The van der Waals surface area contributed by atoms with Gasteiger partial charge in [0.25, 0.3) is 0 Å². The summed E-state index contributed by atoms with van der Waals surface area (Å²) in [5.74, 6) is 2.08. The highest BCUT2D eigenvalue weighted by Gasteiger charge is 2.27. The van der Waals surface area contributed by atoms with E-state index in [1.165, 1.54) is 0 Å². The standard InChI is InChI=1S/C11H22N2OS/c1-3-7-15-9-11(14)13-6-4-5-10(13)8-12-2/h10,12H,3-9H2,1-2H3. The van der Waals surface area contributed by atoms with Crippen molar-refractivity contribution in [1.82, 2.24) is 10.2 Å². The average molecular weight is 230 g/mol. The first-order valence-corrected chi connectivity index (χ1v) is 6.96. The summed E-state index contributed by atoms with van der Waals surface area (Å²) in [6.07, 6.45) is 3.47. The summed E-state index contributed by atoms with van der Waals surface area (Å²) in [5, 5.41) is 3.16. The first-order chi connectivity index (χ1) is 7.29. The second-order valence-corrected chi connectivity index (χ2v) is 5.10. The molecule has 0 aliphatic carbocycles. The zero-order chi connectivity index (χ0) is 11.1. The lowest BCUT2D eigenvalue weighted by atomic mass is 10.2. The molecule has 88 valence electrons. The quantitative estimate of drug-likeness (QED) is 0.699. The lowest BCUT2D eigenvalue weighted by Crippen LogP contribution is -2.41. The van der Waals surface area contributed by atoms with Crippen LogP contribution in [0, 0.1) is 0 Å². The molecule has 1 amide bonds. The molecule has 4 heteroatoms. The first kappa shape index (κ1) is 12.8. The highest BCUT2D eigenvalue weighted by atomic mass is 32.2. The summed E-state index contributed by atoms with van der Waals surface area (Å²) >= 11 is 1.76. The van der Waals surface area contributed by atoms with E-state index in [-0.39, 0.29) is 0 Å². The largest absolute Gasteiger partial charge is 0.338 e. The fourth-order valence-electron chi connectivity index (χ4n) is 2.00. The van der Waals surface area contributed by atoms with E-state index < -0.39 is 0 Å². The van der Waals surface area contributed by atoms with Gasteiger partial charge in [-0.1, -0.05) is 6.92 Å². The third-order valence-electron chi connectivity index (χ3n) is 2.71. The summed E-state index contributed by atoms with van der Waals surface area (Å²) in [6.45, 7) is 4.04. The van der Waals surface area contributed by atoms with Crippen LogP contribution in [0.25, 0.3) is 0 Å². The number of thioether (sulfide) groups is 1. The molecule has 0 aromatic rings. The minimum atomic E-state index is 0.325. The Morgan fingerprint density at radius 1 is 1.60 bits per heavy atom.